The molecule has 2 aromatic carbocycles. The van der Waals surface area contributed by atoms with Crippen LogP contribution in [0.25, 0.3) is 11.3 Å². The second-order valence-electron chi connectivity index (χ2n) is 10.9. The molecule has 0 spiro atoms. The van der Waals surface area contributed by atoms with E-state index >= 15 is 0 Å². The van der Waals surface area contributed by atoms with Gasteiger partial charge >= 0.3 is 0 Å². The molecule has 2 aliphatic rings. The van der Waals surface area contributed by atoms with Gasteiger partial charge in [0.05, 0.1) is 18.1 Å². The van der Waals surface area contributed by atoms with Crippen molar-refractivity contribution >= 4 is 16.1 Å². The van der Waals surface area contributed by atoms with Gasteiger partial charge in [0, 0.05) is 57.4 Å². The van der Waals surface area contributed by atoms with Crippen LogP contribution in [-0.2, 0) is 16.6 Å². The zero-order chi connectivity index (χ0) is 29.1. The first-order valence-electron chi connectivity index (χ1n) is 13.9. The molecule has 3 atom stereocenters. The summed E-state index contributed by atoms with van der Waals surface area (Å²) < 4.78 is 59.3. The molecule has 1 aliphatic heterocycles. The molecule has 2 fully saturated rings. The van der Waals surface area contributed by atoms with Crippen LogP contribution in [0.15, 0.2) is 54.9 Å². The summed E-state index contributed by atoms with van der Waals surface area (Å²) in [7, 11) is -0.689. The molecule has 3 aromatic rings. The Labute approximate surface area is 239 Å². The Morgan fingerprint density at radius 1 is 1.10 bits per heavy atom. The van der Waals surface area contributed by atoms with Crippen molar-refractivity contribution in [3.05, 3.63) is 77.8 Å². The highest BCUT2D eigenvalue weighted by atomic mass is 32.2. The molecule has 1 aromatic heterocycles. The highest BCUT2D eigenvalue weighted by Crippen LogP contribution is 2.35. The fraction of sp³-hybridized carbons (Fsp3) is 0.448. The highest BCUT2D eigenvalue weighted by Gasteiger charge is 2.36. The van der Waals surface area contributed by atoms with Gasteiger partial charge in [-0.05, 0) is 37.0 Å². The van der Waals surface area contributed by atoms with Crippen LogP contribution in [0.4, 0.5) is 8.78 Å². The molecule has 0 bridgehead atoms. The molecule has 2 heterocycles. The third-order valence-electron chi connectivity index (χ3n) is 7.92. The average molecular weight is 587 g/mol. The highest BCUT2D eigenvalue weighted by molar-refractivity contribution is 7.87. The lowest BCUT2D eigenvalue weighted by Gasteiger charge is -2.37. The van der Waals surface area contributed by atoms with Gasteiger partial charge in [0.1, 0.15) is 11.6 Å². The van der Waals surface area contributed by atoms with Crippen LogP contribution in [0, 0.1) is 11.6 Å². The number of hydrogen-bond donors (Lipinski definition) is 2. The van der Waals surface area contributed by atoms with Gasteiger partial charge in [-0.25, -0.2) is 13.8 Å². The van der Waals surface area contributed by atoms with E-state index in [4.69, 9.17) is 0 Å². The fourth-order valence-corrected chi connectivity index (χ4v) is 6.75. The van der Waals surface area contributed by atoms with Crippen molar-refractivity contribution in [3.63, 3.8) is 0 Å². The number of amides is 1. The zero-order valence-electron chi connectivity index (χ0n) is 23.3. The van der Waals surface area contributed by atoms with Gasteiger partial charge in [-0.15, -0.1) is 0 Å². The monoisotopic (exact) mass is 586 g/mol. The molecule has 41 heavy (non-hydrogen) atoms. The number of nitrogens with zero attached hydrogens (tertiary/aromatic N) is 4. The maximum absolute atomic E-state index is 14.2. The van der Waals surface area contributed by atoms with Crippen molar-refractivity contribution in [1.82, 2.24) is 28.8 Å². The van der Waals surface area contributed by atoms with Crippen LogP contribution in [0.5, 0.6) is 0 Å². The molecule has 1 saturated heterocycles. The van der Waals surface area contributed by atoms with E-state index in [1.54, 1.807) is 11.2 Å². The number of halogens is 2. The van der Waals surface area contributed by atoms with Gasteiger partial charge < -0.3 is 14.8 Å². The molecular formula is C29H36F2N6O3S. The summed E-state index contributed by atoms with van der Waals surface area (Å²) in [6.45, 7) is 1.47. The number of carbonyl (C=O) groups is 1. The van der Waals surface area contributed by atoms with Crippen molar-refractivity contribution in [2.45, 2.75) is 50.2 Å². The van der Waals surface area contributed by atoms with Crippen LogP contribution in [-0.4, -0.2) is 78.9 Å². The summed E-state index contributed by atoms with van der Waals surface area (Å²) in [6, 6.07) is 12.0. The van der Waals surface area contributed by atoms with E-state index in [9.17, 15) is 22.0 Å². The topological polar surface area (TPSA) is 99.6 Å². The second kappa shape index (κ2) is 12.4. The zero-order valence-corrected chi connectivity index (χ0v) is 24.1. The Hall–Kier alpha value is -3.19. The normalized spacial score (nSPS) is 21.8. The van der Waals surface area contributed by atoms with E-state index in [1.807, 2.05) is 34.9 Å². The first kappa shape index (κ1) is 29.3. The molecule has 5 rings (SSSR count). The third kappa shape index (κ3) is 6.50. The maximum atomic E-state index is 14.2. The molecule has 1 unspecified atom stereocenters. The Morgan fingerprint density at radius 2 is 1.80 bits per heavy atom. The standard InChI is InChI=1S/C29H36F2N6O3S/c1-35(2)41(39,40)34-25-10-6-7-11-26(25)37-19-33-27(28(37)21-8-4-3-5-9-21)29(38)36-13-12-32-18-24(36)16-20-14-22(30)17-23(31)15-20/h3-5,8-9,14-15,17,19,24-26,32,34H,6-7,10-13,16,18H2,1-2H3/t24?,25-,26-/m0/s1. The van der Waals surface area contributed by atoms with Gasteiger partial charge in [-0.3, -0.25) is 4.79 Å². The summed E-state index contributed by atoms with van der Waals surface area (Å²) in [6.07, 6.45) is 5.13. The van der Waals surface area contributed by atoms with Crippen LogP contribution in [0.1, 0.15) is 47.8 Å². The lowest BCUT2D eigenvalue weighted by molar-refractivity contribution is 0.0631. The van der Waals surface area contributed by atoms with Crippen LogP contribution in [0.2, 0.25) is 0 Å². The van der Waals surface area contributed by atoms with E-state index in [0.29, 0.717) is 37.3 Å². The third-order valence-corrected chi connectivity index (χ3v) is 9.48. The van der Waals surface area contributed by atoms with E-state index in [-0.39, 0.29) is 36.1 Å². The summed E-state index contributed by atoms with van der Waals surface area (Å²) in [5, 5.41) is 3.28. The van der Waals surface area contributed by atoms with Crippen LogP contribution >= 0.6 is 0 Å². The lowest BCUT2D eigenvalue weighted by atomic mass is 9.90. The predicted octanol–water partition coefficient (Wildman–Crippen LogP) is 3.36. The van der Waals surface area contributed by atoms with Gasteiger partial charge in [0.15, 0.2) is 5.69 Å². The number of aromatic nitrogens is 2. The number of piperazine rings is 1. The molecule has 220 valence electrons. The van der Waals surface area contributed by atoms with Gasteiger partial charge in [0.25, 0.3) is 16.1 Å². The van der Waals surface area contributed by atoms with Crippen LogP contribution < -0.4 is 10.0 Å². The van der Waals surface area contributed by atoms with Crippen molar-refractivity contribution in [3.8, 4) is 11.3 Å². The van der Waals surface area contributed by atoms with Gasteiger partial charge in [-0.1, -0.05) is 43.2 Å². The first-order chi connectivity index (χ1) is 19.6. The van der Waals surface area contributed by atoms with E-state index in [0.717, 1.165) is 35.2 Å². The van der Waals surface area contributed by atoms with E-state index in [2.05, 4.69) is 15.0 Å². The molecule has 1 aliphatic carbocycles. The molecule has 2 N–H and O–H groups in total. The van der Waals surface area contributed by atoms with Crippen molar-refractivity contribution < 1.29 is 22.0 Å². The van der Waals surface area contributed by atoms with Crippen molar-refractivity contribution in [2.24, 2.45) is 0 Å². The summed E-state index contributed by atoms with van der Waals surface area (Å²) >= 11 is 0. The Kier molecular flexibility index (Phi) is 8.83. The minimum Gasteiger partial charge on any atom is -0.331 e. The molecule has 1 saturated carbocycles. The molecule has 0 radical (unpaired) electrons. The largest absolute Gasteiger partial charge is 0.331 e. The Bertz CT molecular complexity index is 1460. The number of nitrogens with one attached hydrogen (secondary N) is 2. The summed E-state index contributed by atoms with van der Waals surface area (Å²) in [5.41, 5.74) is 2.17. The van der Waals surface area contributed by atoms with Crippen molar-refractivity contribution in [1.29, 1.82) is 0 Å². The quantitative estimate of drug-likeness (QED) is 0.422. The first-order valence-corrected chi connectivity index (χ1v) is 15.4. The van der Waals surface area contributed by atoms with Gasteiger partial charge in [-0.2, -0.15) is 17.4 Å². The van der Waals surface area contributed by atoms with Gasteiger partial charge in [0.2, 0.25) is 0 Å². The van der Waals surface area contributed by atoms with Crippen molar-refractivity contribution in [2.75, 3.05) is 33.7 Å². The summed E-state index contributed by atoms with van der Waals surface area (Å²) in [4.78, 5) is 20.5. The molecule has 9 nitrogen and oxygen atoms in total. The predicted molar refractivity (Wildman–Crippen MR) is 152 cm³/mol. The molecule has 1 amide bonds. The number of hydrogen-bond acceptors (Lipinski definition) is 5. The second-order valence-corrected chi connectivity index (χ2v) is 12.8. The minimum atomic E-state index is -3.67. The number of imidazole rings is 1. The number of benzene rings is 2. The van der Waals surface area contributed by atoms with E-state index < -0.39 is 21.8 Å². The molecular weight excluding hydrogens is 550 g/mol. The lowest BCUT2D eigenvalue weighted by Crippen LogP contribution is -2.54. The smallest absolute Gasteiger partial charge is 0.279 e. The number of carbonyl (C=O) groups excluding carboxylic acids is 1. The summed E-state index contributed by atoms with van der Waals surface area (Å²) in [5.74, 6) is -1.58. The molecule has 12 heteroatoms. The number of rotatable bonds is 8. The minimum absolute atomic E-state index is 0.239. The maximum Gasteiger partial charge on any atom is 0.279 e. The Balaban J connectivity index is 1.51. The SMILES string of the molecule is CN(C)S(=O)(=O)N[C@H]1CCCC[C@@H]1n1cnc(C(=O)N2CCNCC2Cc2cc(F)cc(F)c2)c1-c1ccccc1. The Morgan fingerprint density at radius 3 is 2.51 bits per heavy atom. The average Bonchev–Trinajstić information content (AvgIpc) is 3.38. The van der Waals surface area contributed by atoms with Crippen LogP contribution in [0.3, 0.4) is 0 Å². The van der Waals surface area contributed by atoms with E-state index in [1.165, 1.54) is 26.2 Å². The fourth-order valence-electron chi connectivity index (χ4n) is 5.88.